The summed E-state index contributed by atoms with van der Waals surface area (Å²) in [6.07, 6.45) is -0.0192. The fourth-order valence-corrected chi connectivity index (χ4v) is 4.44. The van der Waals surface area contributed by atoms with E-state index in [4.69, 9.17) is 4.74 Å². The van der Waals surface area contributed by atoms with Gasteiger partial charge in [-0.1, -0.05) is 91.6 Å². The molecule has 1 N–H and O–H groups in total. The number of rotatable bonds is 8. The number of aryl methyl sites for hydroxylation is 1. The van der Waals surface area contributed by atoms with Crippen LogP contribution in [0.4, 0.5) is 17.6 Å². The van der Waals surface area contributed by atoms with Crippen molar-refractivity contribution in [3.8, 4) is 22.6 Å². The Balaban J connectivity index is 1.96. The van der Waals surface area contributed by atoms with Crippen LogP contribution in [0.15, 0.2) is 48.5 Å². The van der Waals surface area contributed by atoms with Crippen LogP contribution in [0.25, 0.3) is 11.1 Å². The van der Waals surface area contributed by atoms with Gasteiger partial charge in [0.05, 0.1) is 0 Å². The number of phenols is 1. The molecule has 0 atom stereocenters. The first-order valence-corrected chi connectivity index (χ1v) is 13.1. The molecule has 0 fully saturated rings. The lowest BCUT2D eigenvalue weighted by Gasteiger charge is -2.29. The van der Waals surface area contributed by atoms with Gasteiger partial charge in [-0.05, 0) is 53.0 Å². The van der Waals surface area contributed by atoms with Crippen LogP contribution >= 0.6 is 0 Å². The van der Waals surface area contributed by atoms with Gasteiger partial charge in [0.25, 0.3) is 0 Å². The highest BCUT2D eigenvalue weighted by atomic mass is 19.3. The summed E-state index contributed by atoms with van der Waals surface area (Å²) in [6.45, 7) is 13.1. The van der Waals surface area contributed by atoms with Gasteiger partial charge in [-0.15, -0.1) is 0 Å². The third kappa shape index (κ3) is 6.51. The van der Waals surface area contributed by atoms with Crippen LogP contribution < -0.4 is 4.74 Å². The molecule has 0 spiro atoms. The molecular formula is C32H38F4O2. The molecule has 3 aromatic carbocycles. The number of benzene rings is 3. The Morgan fingerprint density at radius 2 is 1.29 bits per heavy atom. The molecule has 0 aliphatic rings. The van der Waals surface area contributed by atoms with Crippen LogP contribution in [0, 0.1) is 11.6 Å². The standard InChI is InChI=1S/C32H38F4O2/c1-8-9-10-11-20-12-14-21(15-13-20)23-16-17-24(28(34)27(23)33)32(35,36)38-22-18-25(30(2,3)4)29(37)26(19-22)31(5,6)7/h12-19,37H,8-11H2,1-7H3. The third-order valence-electron chi connectivity index (χ3n) is 6.68. The van der Waals surface area contributed by atoms with Crippen LogP contribution in [-0.4, -0.2) is 5.11 Å². The fourth-order valence-electron chi connectivity index (χ4n) is 4.44. The number of hydrogen-bond acceptors (Lipinski definition) is 2. The second kappa shape index (κ2) is 11.0. The maximum atomic E-state index is 15.3. The number of alkyl halides is 2. The molecule has 0 amide bonds. The Hall–Kier alpha value is -3.02. The first-order chi connectivity index (χ1) is 17.6. The predicted molar refractivity (Wildman–Crippen MR) is 145 cm³/mol. The highest BCUT2D eigenvalue weighted by Gasteiger charge is 2.40. The van der Waals surface area contributed by atoms with Gasteiger partial charge in [0.2, 0.25) is 0 Å². The molecule has 6 heteroatoms. The summed E-state index contributed by atoms with van der Waals surface area (Å²) in [5.74, 6) is -3.27. The van der Waals surface area contributed by atoms with Crippen molar-refractivity contribution in [3.63, 3.8) is 0 Å². The van der Waals surface area contributed by atoms with Crippen molar-refractivity contribution in [2.75, 3.05) is 0 Å². The smallest absolute Gasteiger partial charge is 0.429 e. The molecule has 2 nitrogen and oxygen atoms in total. The van der Waals surface area contributed by atoms with Crippen LogP contribution in [0.1, 0.15) is 90.0 Å². The molecule has 3 rings (SSSR count). The van der Waals surface area contributed by atoms with E-state index in [1.54, 1.807) is 12.1 Å². The summed E-state index contributed by atoms with van der Waals surface area (Å²) < 4.78 is 65.7. The molecule has 38 heavy (non-hydrogen) atoms. The maximum Gasteiger partial charge on any atom is 0.429 e. The molecule has 0 aromatic heterocycles. The molecule has 0 bridgehead atoms. The van der Waals surface area contributed by atoms with Crippen LogP contribution in [0.2, 0.25) is 0 Å². The first kappa shape index (κ1) is 29.5. The van der Waals surface area contributed by atoms with Gasteiger partial charge in [-0.2, -0.15) is 8.78 Å². The quantitative estimate of drug-likeness (QED) is 0.232. The highest BCUT2D eigenvalue weighted by molar-refractivity contribution is 5.65. The lowest BCUT2D eigenvalue weighted by Crippen LogP contribution is -2.25. The molecule has 0 aliphatic carbocycles. The van der Waals surface area contributed by atoms with Gasteiger partial charge in [0.15, 0.2) is 11.6 Å². The number of phenolic OH excluding ortho intramolecular Hbond substituents is 1. The second-order valence-corrected chi connectivity index (χ2v) is 11.9. The van der Waals surface area contributed by atoms with Gasteiger partial charge < -0.3 is 9.84 Å². The fraction of sp³-hybridized carbons (Fsp3) is 0.438. The van der Waals surface area contributed by atoms with E-state index in [1.165, 1.54) is 12.1 Å². The summed E-state index contributed by atoms with van der Waals surface area (Å²) in [7, 11) is 0. The Kier molecular flexibility index (Phi) is 8.55. The van der Waals surface area contributed by atoms with Gasteiger partial charge in [-0.3, -0.25) is 0 Å². The minimum Gasteiger partial charge on any atom is -0.507 e. The zero-order valence-electron chi connectivity index (χ0n) is 23.3. The number of ether oxygens (including phenoxy) is 1. The number of unbranched alkanes of at least 4 members (excludes halogenated alkanes) is 2. The van der Waals surface area contributed by atoms with E-state index < -0.39 is 34.1 Å². The van der Waals surface area contributed by atoms with Crippen molar-refractivity contribution in [2.24, 2.45) is 0 Å². The van der Waals surface area contributed by atoms with Crippen molar-refractivity contribution in [3.05, 3.63) is 82.4 Å². The van der Waals surface area contributed by atoms with Crippen molar-refractivity contribution < 1.29 is 27.4 Å². The summed E-state index contributed by atoms with van der Waals surface area (Å²) >= 11 is 0. The molecule has 0 saturated heterocycles. The number of hydrogen-bond donors (Lipinski definition) is 1. The summed E-state index contributed by atoms with van der Waals surface area (Å²) in [5.41, 5.74) is -0.148. The average molecular weight is 531 g/mol. The van der Waals surface area contributed by atoms with E-state index in [0.717, 1.165) is 43.4 Å². The van der Waals surface area contributed by atoms with E-state index in [-0.39, 0.29) is 17.1 Å². The molecule has 206 valence electrons. The lowest BCUT2D eigenvalue weighted by molar-refractivity contribution is -0.187. The zero-order valence-corrected chi connectivity index (χ0v) is 23.3. The Labute approximate surface area is 223 Å². The predicted octanol–water partition coefficient (Wildman–Crippen LogP) is 9.79. The van der Waals surface area contributed by atoms with Gasteiger partial charge in [0.1, 0.15) is 17.1 Å². The third-order valence-corrected chi connectivity index (χ3v) is 6.68. The van der Waals surface area contributed by atoms with Crippen molar-refractivity contribution >= 4 is 0 Å². The lowest BCUT2D eigenvalue weighted by atomic mass is 9.79. The zero-order chi connectivity index (χ0) is 28.5. The summed E-state index contributed by atoms with van der Waals surface area (Å²) in [5, 5.41) is 10.8. The first-order valence-electron chi connectivity index (χ1n) is 13.1. The topological polar surface area (TPSA) is 29.5 Å². The summed E-state index contributed by atoms with van der Waals surface area (Å²) in [4.78, 5) is 0. The molecular weight excluding hydrogens is 492 g/mol. The van der Waals surface area contributed by atoms with Gasteiger partial charge in [-0.25, -0.2) is 8.78 Å². The normalized spacial score (nSPS) is 12.6. The molecule has 0 aliphatic heterocycles. The monoisotopic (exact) mass is 530 g/mol. The van der Waals surface area contributed by atoms with E-state index >= 15 is 17.6 Å². The average Bonchev–Trinajstić information content (AvgIpc) is 2.81. The Morgan fingerprint density at radius 1 is 0.737 bits per heavy atom. The SMILES string of the molecule is CCCCCc1ccc(-c2ccc(C(F)(F)Oc3cc(C(C)(C)C)c(O)c(C(C)(C)C)c3)c(F)c2F)cc1. The Morgan fingerprint density at radius 3 is 1.79 bits per heavy atom. The van der Waals surface area contributed by atoms with Crippen LogP contribution in [0.5, 0.6) is 11.5 Å². The molecule has 3 aromatic rings. The van der Waals surface area contributed by atoms with E-state index in [1.807, 2.05) is 53.7 Å². The largest absolute Gasteiger partial charge is 0.507 e. The van der Waals surface area contributed by atoms with E-state index in [2.05, 4.69) is 6.92 Å². The van der Waals surface area contributed by atoms with E-state index in [9.17, 15) is 5.11 Å². The molecule has 0 radical (unpaired) electrons. The number of halogens is 4. The Bertz CT molecular complexity index is 1230. The molecule has 0 saturated carbocycles. The second-order valence-electron chi connectivity index (χ2n) is 11.9. The highest BCUT2D eigenvalue weighted by Crippen LogP contribution is 2.44. The van der Waals surface area contributed by atoms with Crippen LogP contribution in [-0.2, 0) is 23.4 Å². The van der Waals surface area contributed by atoms with Crippen molar-refractivity contribution in [1.29, 1.82) is 0 Å². The minimum atomic E-state index is -4.16. The maximum absolute atomic E-state index is 15.3. The van der Waals surface area contributed by atoms with Gasteiger partial charge in [0, 0.05) is 16.7 Å². The van der Waals surface area contributed by atoms with Gasteiger partial charge >= 0.3 is 6.11 Å². The number of aromatic hydroxyl groups is 1. The van der Waals surface area contributed by atoms with E-state index in [0.29, 0.717) is 16.7 Å². The van der Waals surface area contributed by atoms with Crippen molar-refractivity contribution in [2.45, 2.75) is 91.1 Å². The minimum absolute atomic E-state index is 0.00127. The van der Waals surface area contributed by atoms with Crippen molar-refractivity contribution in [1.82, 2.24) is 0 Å². The molecule has 0 heterocycles. The summed E-state index contributed by atoms with van der Waals surface area (Å²) in [6, 6.07) is 11.7. The van der Waals surface area contributed by atoms with Crippen LogP contribution in [0.3, 0.4) is 0 Å². The molecule has 0 unspecified atom stereocenters.